The Balaban J connectivity index is -0.000000275. The molecule has 0 aliphatic carbocycles. The van der Waals surface area contributed by atoms with E-state index >= 15 is 0 Å². The predicted molar refractivity (Wildman–Crippen MR) is 86.3 cm³/mol. The van der Waals surface area contributed by atoms with Crippen LogP contribution in [0, 0.1) is 0 Å². The first-order valence-corrected chi connectivity index (χ1v) is 7.20. The third kappa shape index (κ3) is 22.0. The molecule has 6 heteroatoms. The Morgan fingerprint density at radius 1 is 1.23 bits per heavy atom. The van der Waals surface area contributed by atoms with Crippen LogP contribution in [0.2, 0.25) is 0 Å². The van der Waals surface area contributed by atoms with Crippen LogP contribution >= 0.6 is 0 Å². The van der Waals surface area contributed by atoms with Gasteiger partial charge in [-0.15, -0.1) is 13.1 Å². The van der Waals surface area contributed by atoms with Crippen LogP contribution in [0.25, 0.3) is 5.32 Å². The van der Waals surface area contributed by atoms with E-state index in [9.17, 15) is 4.79 Å². The quantitative estimate of drug-likeness (QED) is 0.599. The first-order valence-electron chi connectivity index (χ1n) is 7.20. The normalized spacial score (nSPS) is 10.9. The van der Waals surface area contributed by atoms with Crippen LogP contribution in [0.4, 0.5) is 0 Å². The van der Waals surface area contributed by atoms with Crippen molar-refractivity contribution in [2.75, 3.05) is 13.1 Å². The molecule has 1 aliphatic heterocycles. The van der Waals surface area contributed by atoms with Gasteiger partial charge in [-0.1, -0.05) is 57.0 Å². The van der Waals surface area contributed by atoms with Crippen LogP contribution in [-0.2, 0) is 16.1 Å². The van der Waals surface area contributed by atoms with Gasteiger partial charge in [0.15, 0.2) is 0 Å². The first kappa shape index (κ1) is 26.6. The molecule has 0 bridgehead atoms. The van der Waals surface area contributed by atoms with Gasteiger partial charge in [-0.2, -0.15) is 0 Å². The molecule has 1 aliphatic rings. The van der Waals surface area contributed by atoms with Crippen molar-refractivity contribution in [3.8, 4) is 0 Å². The van der Waals surface area contributed by atoms with Gasteiger partial charge >= 0.3 is 51.4 Å². The monoisotopic (exact) mass is 334 g/mol. The zero-order chi connectivity index (χ0) is 16.3. The summed E-state index contributed by atoms with van der Waals surface area (Å²) in [4.78, 5) is 18.9. The SMILES string of the molecule is C1CC[N-]C1.CC.CC(=O)NCc1ccccc1.O=CO.[K+]. The number of carbonyl (C=O) groups excluding carboxylic acids is 1. The van der Waals surface area contributed by atoms with Gasteiger partial charge in [0.2, 0.25) is 5.91 Å². The van der Waals surface area contributed by atoms with Crippen LogP contribution in [0.15, 0.2) is 30.3 Å². The van der Waals surface area contributed by atoms with Gasteiger partial charge in [0.1, 0.15) is 0 Å². The molecule has 1 amide bonds. The van der Waals surface area contributed by atoms with Gasteiger partial charge in [0.05, 0.1) is 0 Å². The molecule has 22 heavy (non-hydrogen) atoms. The summed E-state index contributed by atoms with van der Waals surface area (Å²) in [6.07, 6.45) is 2.67. The molecule has 1 saturated heterocycles. The molecule has 1 fully saturated rings. The van der Waals surface area contributed by atoms with E-state index in [1.165, 1.54) is 19.8 Å². The fraction of sp³-hybridized carbons (Fsp3) is 0.500. The molecule has 0 aromatic heterocycles. The minimum atomic E-state index is -0.250. The molecule has 2 N–H and O–H groups in total. The van der Waals surface area contributed by atoms with Crippen LogP contribution < -0.4 is 56.7 Å². The molecule has 1 heterocycles. The number of rotatable bonds is 2. The van der Waals surface area contributed by atoms with E-state index in [2.05, 4.69) is 10.6 Å². The summed E-state index contributed by atoms with van der Waals surface area (Å²) in [7, 11) is 0. The van der Waals surface area contributed by atoms with Crippen molar-refractivity contribution >= 4 is 12.4 Å². The van der Waals surface area contributed by atoms with E-state index < -0.39 is 0 Å². The number of hydrogen-bond acceptors (Lipinski definition) is 2. The second-order valence-corrected chi connectivity index (χ2v) is 3.88. The minimum absolute atomic E-state index is 0. The number of benzene rings is 1. The Kier molecular flexibility index (Phi) is 27.9. The van der Waals surface area contributed by atoms with Crippen molar-refractivity contribution in [1.82, 2.24) is 5.32 Å². The van der Waals surface area contributed by atoms with Crippen LogP contribution in [-0.4, -0.2) is 30.6 Å². The average molecular weight is 335 g/mol. The van der Waals surface area contributed by atoms with Crippen molar-refractivity contribution in [3.05, 3.63) is 41.2 Å². The number of amides is 1. The number of carbonyl (C=O) groups is 2. The topological polar surface area (TPSA) is 80.5 Å². The molecular weight excluding hydrogens is 307 g/mol. The molecule has 0 saturated carbocycles. The summed E-state index contributed by atoms with van der Waals surface area (Å²) in [5.41, 5.74) is 1.13. The second-order valence-electron chi connectivity index (χ2n) is 3.88. The van der Waals surface area contributed by atoms with Gasteiger partial charge in [-0.05, 0) is 5.56 Å². The van der Waals surface area contributed by atoms with Crippen molar-refractivity contribution in [1.29, 1.82) is 0 Å². The number of hydrogen-bond donors (Lipinski definition) is 2. The summed E-state index contributed by atoms with van der Waals surface area (Å²) in [6, 6.07) is 9.83. The summed E-state index contributed by atoms with van der Waals surface area (Å²) < 4.78 is 0. The molecule has 1 aromatic carbocycles. The Labute approximate surface area is 176 Å². The average Bonchev–Trinajstić information content (AvgIpc) is 3.09. The Hall–Kier alpha value is -0.244. The molecule has 5 nitrogen and oxygen atoms in total. The maximum atomic E-state index is 10.5. The molecular formula is C16H27KN2O3. The van der Waals surface area contributed by atoms with Gasteiger partial charge in [0.25, 0.3) is 6.47 Å². The van der Waals surface area contributed by atoms with Crippen LogP contribution in [0.3, 0.4) is 0 Å². The van der Waals surface area contributed by atoms with Crippen molar-refractivity contribution in [3.63, 3.8) is 0 Å². The molecule has 2 rings (SSSR count). The van der Waals surface area contributed by atoms with Gasteiger partial charge in [-0.25, -0.2) is 0 Å². The largest absolute Gasteiger partial charge is 1.00 e. The first-order chi connectivity index (χ1) is 10.2. The zero-order valence-corrected chi connectivity index (χ0v) is 17.3. The summed E-state index contributed by atoms with van der Waals surface area (Å²) >= 11 is 0. The van der Waals surface area contributed by atoms with Gasteiger partial charge in [-0.3, -0.25) is 9.59 Å². The standard InChI is InChI=1S/C9H11NO.C4H8N.C2H6.CH2O2.K/c1-8(11)10-7-9-5-3-2-4-6-9;1-2-4-5-3-1;1-2;2-1-3;/h2-6H,7H2,1H3,(H,10,11);1-4H2;1-2H3;1H,(H,2,3);/q;-1;;;+1. The van der Waals surface area contributed by atoms with Crippen LogP contribution in [0.5, 0.6) is 0 Å². The molecule has 0 unspecified atom stereocenters. The predicted octanol–water partition coefficient (Wildman–Crippen LogP) is 0.208. The maximum absolute atomic E-state index is 10.5. The van der Waals surface area contributed by atoms with Crippen LogP contribution in [0.1, 0.15) is 39.2 Å². The smallest absolute Gasteiger partial charge is 0.662 e. The van der Waals surface area contributed by atoms with E-state index in [1.54, 1.807) is 0 Å². The van der Waals surface area contributed by atoms with Gasteiger partial charge in [0, 0.05) is 13.5 Å². The Morgan fingerprint density at radius 3 is 2.00 bits per heavy atom. The number of nitrogens with one attached hydrogen (secondary N) is 1. The van der Waals surface area contributed by atoms with Gasteiger partial charge < -0.3 is 15.7 Å². The van der Waals surface area contributed by atoms with E-state index in [4.69, 9.17) is 9.90 Å². The summed E-state index contributed by atoms with van der Waals surface area (Å²) in [5.74, 6) is 0.00820. The summed E-state index contributed by atoms with van der Waals surface area (Å²) in [5, 5.41) is 13.7. The molecule has 120 valence electrons. The van der Waals surface area contributed by atoms with E-state index in [1.807, 2.05) is 44.2 Å². The Morgan fingerprint density at radius 2 is 1.68 bits per heavy atom. The second kappa shape index (κ2) is 23.0. The fourth-order valence-electron chi connectivity index (χ4n) is 1.38. The van der Waals surface area contributed by atoms with E-state index in [-0.39, 0.29) is 63.8 Å². The number of nitrogens with zero attached hydrogens (tertiary/aromatic N) is 1. The molecule has 1 aromatic rings. The summed E-state index contributed by atoms with van der Waals surface area (Å²) in [6.45, 7) is 8.14. The third-order valence-electron chi connectivity index (χ3n) is 2.27. The van der Waals surface area contributed by atoms with E-state index in [0.717, 1.165) is 18.7 Å². The molecule has 0 radical (unpaired) electrons. The maximum Gasteiger partial charge on any atom is 1.00 e. The van der Waals surface area contributed by atoms with Crippen molar-refractivity contribution in [2.24, 2.45) is 0 Å². The zero-order valence-electron chi connectivity index (χ0n) is 14.2. The Bertz CT molecular complexity index is 337. The van der Waals surface area contributed by atoms with E-state index in [0.29, 0.717) is 6.54 Å². The molecule has 0 spiro atoms. The number of carboxylic acid groups (broad SMARTS) is 1. The third-order valence-corrected chi connectivity index (χ3v) is 2.27. The van der Waals surface area contributed by atoms with Crippen molar-refractivity contribution in [2.45, 2.75) is 40.2 Å². The van der Waals surface area contributed by atoms with Crippen molar-refractivity contribution < 1.29 is 66.1 Å². The minimum Gasteiger partial charge on any atom is -0.662 e. The molecule has 0 atom stereocenters. The fourth-order valence-corrected chi connectivity index (χ4v) is 1.38.